The Morgan fingerprint density at radius 1 is 1.29 bits per heavy atom. The Hall–Kier alpha value is -0.690. The molecule has 6 heteroatoms. The van der Waals surface area contributed by atoms with Crippen LogP contribution in [0.25, 0.3) is 0 Å². The summed E-state index contributed by atoms with van der Waals surface area (Å²) in [6, 6.07) is 1.77. The summed E-state index contributed by atoms with van der Waals surface area (Å²) in [5, 5.41) is 9.13. The minimum atomic E-state index is -0.105. The predicted molar refractivity (Wildman–Crippen MR) is 66.0 cm³/mol. The SMILES string of the molecule is COCCOCCOc1ncc(Br)cc1CO. The zero-order valence-electron chi connectivity index (χ0n) is 9.69. The maximum absolute atomic E-state index is 9.13. The van der Waals surface area contributed by atoms with Crippen LogP contribution < -0.4 is 4.74 Å². The Labute approximate surface area is 109 Å². The Morgan fingerprint density at radius 3 is 2.76 bits per heavy atom. The van der Waals surface area contributed by atoms with E-state index < -0.39 is 0 Å². The van der Waals surface area contributed by atoms with Gasteiger partial charge in [0, 0.05) is 23.3 Å². The van der Waals surface area contributed by atoms with Gasteiger partial charge in [0.05, 0.1) is 26.4 Å². The van der Waals surface area contributed by atoms with Gasteiger partial charge < -0.3 is 19.3 Å². The molecule has 0 saturated carbocycles. The highest BCUT2D eigenvalue weighted by molar-refractivity contribution is 9.10. The normalized spacial score (nSPS) is 10.5. The fraction of sp³-hybridized carbons (Fsp3) is 0.545. The van der Waals surface area contributed by atoms with Crippen molar-refractivity contribution in [1.82, 2.24) is 4.98 Å². The highest BCUT2D eigenvalue weighted by atomic mass is 79.9. The second-order valence-electron chi connectivity index (χ2n) is 3.23. The van der Waals surface area contributed by atoms with Crippen molar-refractivity contribution in [2.75, 3.05) is 33.5 Å². The van der Waals surface area contributed by atoms with Gasteiger partial charge in [-0.05, 0) is 22.0 Å². The van der Waals surface area contributed by atoms with Crippen LogP contribution in [0.3, 0.4) is 0 Å². The zero-order valence-corrected chi connectivity index (χ0v) is 11.3. The molecule has 1 N–H and O–H groups in total. The number of nitrogens with zero attached hydrogens (tertiary/aromatic N) is 1. The third kappa shape index (κ3) is 5.45. The molecule has 0 aliphatic heterocycles. The van der Waals surface area contributed by atoms with Crippen LogP contribution in [0, 0.1) is 0 Å². The van der Waals surface area contributed by atoms with E-state index in [-0.39, 0.29) is 6.61 Å². The fourth-order valence-corrected chi connectivity index (χ4v) is 1.53. The average Bonchev–Trinajstić information content (AvgIpc) is 2.35. The van der Waals surface area contributed by atoms with E-state index in [9.17, 15) is 0 Å². The maximum atomic E-state index is 9.13. The molecular weight excluding hydrogens is 290 g/mol. The molecule has 0 aliphatic carbocycles. The summed E-state index contributed by atoms with van der Waals surface area (Å²) in [4.78, 5) is 4.07. The molecule has 0 saturated heterocycles. The van der Waals surface area contributed by atoms with Crippen LogP contribution in [0.2, 0.25) is 0 Å². The molecule has 1 aromatic heterocycles. The van der Waals surface area contributed by atoms with E-state index in [0.717, 1.165) is 4.47 Å². The first kappa shape index (κ1) is 14.4. The lowest BCUT2D eigenvalue weighted by Gasteiger charge is -2.09. The second-order valence-corrected chi connectivity index (χ2v) is 4.15. The van der Waals surface area contributed by atoms with Crippen LogP contribution in [0.4, 0.5) is 0 Å². The number of rotatable bonds is 8. The minimum absolute atomic E-state index is 0.105. The molecule has 0 radical (unpaired) electrons. The number of aliphatic hydroxyl groups is 1. The van der Waals surface area contributed by atoms with E-state index in [1.54, 1.807) is 19.4 Å². The molecule has 0 fully saturated rings. The van der Waals surface area contributed by atoms with Crippen LogP contribution in [0.5, 0.6) is 5.88 Å². The molecule has 0 amide bonds. The van der Waals surface area contributed by atoms with Crippen LogP contribution in [-0.2, 0) is 16.1 Å². The predicted octanol–water partition coefficient (Wildman–Crippen LogP) is 1.38. The summed E-state index contributed by atoms with van der Waals surface area (Å²) in [6.45, 7) is 1.86. The highest BCUT2D eigenvalue weighted by Gasteiger charge is 2.05. The van der Waals surface area contributed by atoms with Crippen molar-refractivity contribution in [3.63, 3.8) is 0 Å². The van der Waals surface area contributed by atoms with Crippen molar-refractivity contribution >= 4 is 15.9 Å². The smallest absolute Gasteiger partial charge is 0.219 e. The van der Waals surface area contributed by atoms with Crippen molar-refractivity contribution in [1.29, 1.82) is 0 Å². The first-order valence-electron chi connectivity index (χ1n) is 5.22. The molecule has 1 aromatic rings. The van der Waals surface area contributed by atoms with E-state index >= 15 is 0 Å². The Morgan fingerprint density at radius 2 is 2.06 bits per heavy atom. The summed E-state index contributed by atoms with van der Waals surface area (Å²) >= 11 is 3.28. The van der Waals surface area contributed by atoms with Gasteiger partial charge in [-0.25, -0.2) is 4.98 Å². The van der Waals surface area contributed by atoms with Crippen molar-refractivity contribution in [2.45, 2.75) is 6.61 Å². The number of pyridine rings is 1. The molecule has 0 unspecified atom stereocenters. The van der Waals surface area contributed by atoms with Crippen molar-refractivity contribution in [2.24, 2.45) is 0 Å². The average molecular weight is 306 g/mol. The standard InChI is InChI=1S/C11H16BrNO4/c1-15-2-3-16-4-5-17-11-9(8-14)6-10(12)7-13-11/h6-7,14H,2-5,8H2,1H3. The summed E-state index contributed by atoms with van der Waals surface area (Å²) in [5.41, 5.74) is 0.649. The molecular formula is C11H16BrNO4. The number of hydrogen-bond donors (Lipinski definition) is 1. The Bertz CT molecular complexity index is 335. The van der Waals surface area contributed by atoms with Crippen LogP contribution in [0.15, 0.2) is 16.7 Å². The summed E-state index contributed by atoms with van der Waals surface area (Å²) < 4.78 is 16.3. The van der Waals surface area contributed by atoms with E-state index in [4.69, 9.17) is 19.3 Å². The highest BCUT2D eigenvalue weighted by Crippen LogP contribution is 2.19. The number of aliphatic hydroxyl groups excluding tert-OH is 1. The molecule has 1 rings (SSSR count). The van der Waals surface area contributed by atoms with E-state index in [1.807, 2.05) is 0 Å². The van der Waals surface area contributed by atoms with Crippen LogP contribution >= 0.6 is 15.9 Å². The maximum Gasteiger partial charge on any atom is 0.219 e. The topological polar surface area (TPSA) is 60.8 Å². The summed E-state index contributed by atoms with van der Waals surface area (Å²) in [7, 11) is 1.62. The third-order valence-electron chi connectivity index (χ3n) is 1.96. The first-order valence-corrected chi connectivity index (χ1v) is 6.02. The van der Waals surface area contributed by atoms with Gasteiger partial charge >= 0.3 is 0 Å². The van der Waals surface area contributed by atoms with Gasteiger partial charge in [-0.15, -0.1) is 0 Å². The number of ether oxygens (including phenoxy) is 3. The van der Waals surface area contributed by atoms with Gasteiger partial charge in [0.2, 0.25) is 5.88 Å². The third-order valence-corrected chi connectivity index (χ3v) is 2.39. The molecule has 0 atom stereocenters. The molecule has 17 heavy (non-hydrogen) atoms. The fourth-order valence-electron chi connectivity index (χ4n) is 1.15. The van der Waals surface area contributed by atoms with Crippen LogP contribution in [0.1, 0.15) is 5.56 Å². The molecule has 5 nitrogen and oxygen atoms in total. The molecule has 96 valence electrons. The molecule has 0 bridgehead atoms. The van der Waals surface area contributed by atoms with E-state index in [2.05, 4.69) is 20.9 Å². The van der Waals surface area contributed by atoms with Gasteiger partial charge in [0.25, 0.3) is 0 Å². The van der Waals surface area contributed by atoms with Gasteiger partial charge in [0.1, 0.15) is 6.61 Å². The van der Waals surface area contributed by atoms with Crippen molar-refractivity contribution in [3.05, 3.63) is 22.3 Å². The summed E-state index contributed by atoms with van der Waals surface area (Å²) in [6.07, 6.45) is 1.63. The largest absolute Gasteiger partial charge is 0.475 e. The van der Waals surface area contributed by atoms with Gasteiger partial charge in [-0.3, -0.25) is 0 Å². The second kappa shape index (κ2) is 8.41. The number of hydrogen-bond acceptors (Lipinski definition) is 5. The van der Waals surface area contributed by atoms with Gasteiger partial charge in [0.15, 0.2) is 0 Å². The van der Waals surface area contributed by atoms with Gasteiger partial charge in [-0.1, -0.05) is 0 Å². The molecule has 1 heterocycles. The number of aromatic nitrogens is 1. The molecule has 0 spiro atoms. The van der Waals surface area contributed by atoms with E-state index in [0.29, 0.717) is 37.9 Å². The van der Waals surface area contributed by atoms with E-state index in [1.165, 1.54) is 0 Å². The number of methoxy groups -OCH3 is 1. The summed E-state index contributed by atoms with van der Waals surface area (Å²) in [5.74, 6) is 0.436. The lowest BCUT2D eigenvalue weighted by Crippen LogP contribution is -2.11. The quantitative estimate of drug-likeness (QED) is 0.735. The lowest BCUT2D eigenvalue weighted by atomic mass is 10.3. The Kier molecular flexibility index (Phi) is 7.11. The Balaban J connectivity index is 2.31. The molecule has 0 aromatic carbocycles. The minimum Gasteiger partial charge on any atom is -0.475 e. The first-order chi connectivity index (χ1) is 8.27. The van der Waals surface area contributed by atoms with Gasteiger partial charge in [-0.2, -0.15) is 0 Å². The zero-order chi connectivity index (χ0) is 12.5. The monoisotopic (exact) mass is 305 g/mol. The van der Waals surface area contributed by atoms with Crippen LogP contribution in [-0.4, -0.2) is 43.6 Å². The lowest BCUT2D eigenvalue weighted by molar-refractivity contribution is 0.0532. The molecule has 0 aliphatic rings. The number of halogens is 1. The van der Waals surface area contributed by atoms with Crippen molar-refractivity contribution < 1.29 is 19.3 Å². The van der Waals surface area contributed by atoms with Crippen molar-refractivity contribution in [3.8, 4) is 5.88 Å².